The summed E-state index contributed by atoms with van der Waals surface area (Å²) in [6, 6.07) is 2.22. The first kappa shape index (κ1) is 14.3. The molecule has 4 heterocycles. The van der Waals surface area contributed by atoms with Gasteiger partial charge < -0.3 is 9.64 Å². The second kappa shape index (κ2) is 6.04. The Morgan fingerprint density at radius 3 is 2.70 bits per heavy atom. The van der Waals surface area contributed by atoms with Gasteiger partial charge in [-0.2, -0.15) is 0 Å². The minimum atomic E-state index is -0.461. The Kier molecular flexibility index (Phi) is 3.74. The fraction of sp³-hybridized carbons (Fsp3) is 0.333. The van der Waals surface area contributed by atoms with Crippen LogP contribution >= 0.6 is 11.3 Å². The number of fused-ring (bicyclic) bond motifs is 1. The number of rotatable bonds is 3. The predicted molar refractivity (Wildman–Crippen MR) is 85.3 cm³/mol. The van der Waals surface area contributed by atoms with E-state index in [1.807, 2.05) is 6.07 Å². The van der Waals surface area contributed by atoms with Crippen molar-refractivity contribution in [2.45, 2.75) is 18.9 Å². The van der Waals surface area contributed by atoms with Crippen molar-refractivity contribution in [1.82, 2.24) is 19.9 Å². The Hall–Kier alpha value is -2.35. The summed E-state index contributed by atoms with van der Waals surface area (Å²) in [5.41, 5.74) is 0.936. The predicted octanol–water partition coefficient (Wildman–Crippen LogP) is 2.67. The monoisotopic (exact) mass is 331 g/mol. The summed E-state index contributed by atoms with van der Waals surface area (Å²) < 4.78 is 19.7. The molecule has 1 saturated heterocycles. The Labute approximate surface area is 136 Å². The van der Waals surface area contributed by atoms with E-state index in [4.69, 9.17) is 4.74 Å². The van der Waals surface area contributed by atoms with Crippen LogP contribution in [0, 0.1) is 5.82 Å². The maximum Gasteiger partial charge on any atom is 0.316 e. The average molecular weight is 331 g/mol. The molecular weight excluding hydrogens is 317 g/mol. The normalized spacial score (nSPS) is 16.0. The van der Waals surface area contributed by atoms with Gasteiger partial charge >= 0.3 is 6.01 Å². The first-order chi connectivity index (χ1) is 11.3. The molecule has 3 aromatic rings. The fourth-order valence-corrected chi connectivity index (χ4v) is 3.56. The number of hydrogen-bond acceptors (Lipinski definition) is 7. The zero-order valence-corrected chi connectivity index (χ0v) is 13.0. The third-order valence-corrected chi connectivity index (χ3v) is 4.86. The van der Waals surface area contributed by atoms with E-state index < -0.39 is 5.82 Å². The molecule has 0 saturated carbocycles. The van der Waals surface area contributed by atoms with Gasteiger partial charge in [0, 0.05) is 32.1 Å². The van der Waals surface area contributed by atoms with E-state index in [0.717, 1.165) is 53.7 Å². The standard InChI is InChI=1S/C15H14FN5OS/c16-10-7-18-14(19-8-10)22-11-2-5-21(6-3-11)15-20-12-9-17-4-1-13(12)23-15/h1,4,7-9,11H,2-3,5-6H2. The molecule has 118 valence electrons. The number of thiazole rings is 1. The molecule has 1 aliphatic heterocycles. The van der Waals surface area contributed by atoms with Gasteiger partial charge in [0.15, 0.2) is 10.9 Å². The molecule has 0 atom stereocenters. The van der Waals surface area contributed by atoms with Crippen molar-refractivity contribution >= 4 is 26.7 Å². The molecule has 0 spiro atoms. The summed E-state index contributed by atoms with van der Waals surface area (Å²) in [7, 11) is 0. The Morgan fingerprint density at radius 1 is 1.17 bits per heavy atom. The van der Waals surface area contributed by atoms with Crippen molar-refractivity contribution in [3.8, 4) is 6.01 Å². The van der Waals surface area contributed by atoms with E-state index in [0.29, 0.717) is 0 Å². The highest BCUT2D eigenvalue weighted by molar-refractivity contribution is 7.22. The molecule has 8 heteroatoms. The average Bonchev–Trinajstić information content (AvgIpc) is 3.02. The van der Waals surface area contributed by atoms with Crippen LogP contribution in [-0.4, -0.2) is 39.1 Å². The number of hydrogen-bond donors (Lipinski definition) is 0. The van der Waals surface area contributed by atoms with Gasteiger partial charge in [-0.05, 0) is 6.07 Å². The zero-order valence-electron chi connectivity index (χ0n) is 12.2. The van der Waals surface area contributed by atoms with Crippen LogP contribution in [0.25, 0.3) is 10.2 Å². The lowest BCUT2D eigenvalue weighted by molar-refractivity contribution is 0.156. The number of nitrogens with zero attached hydrogens (tertiary/aromatic N) is 5. The molecule has 0 N–H and O–H groups in total. The van der Waals surface area contributed by atoms with Crippen molar-refractivity contribution in [2.75, 3.05) is 18.0 Å². The van der Waals surface area contributed by atoms with E-state index >= 15 is 0 Å². The molecule has 0 bridgehead atoms. The van der Waals surface area contributed by atoms with Gasteiger partial charge in [0.1, 0.15) is 11.6 Å². The van der Waals surface area contributed by atoms with Gasteiger partial charge in [-0.25, -0.2) is 19.3 Å². The Balaban J connectivity index is 1.39. The number of aromatic nitrogens is 4. The number of anilines is 1. The molecule has 0 radical (unpaired) electrons. The van der Waals surface area contributed by atoms with E-state index in [2.05, 4.69) is 24.8 Å². The van der Waals surface area contributed by atoms with Crippen LogP contribution in [0.5, 0.6) is 6.01 Å². The van der Waals surface area contributed by atoms with Gasteiger partial charge in [-0.15, -0.1) is 0 Å². The van der Waals surface area contributed by atoms with Crippen molar-refractivity contribution in [1.29, 1.82) is 0 Å². The number of ether oxygens (including phenoxy) is 1. The molecule has 1 aliphatic rings. The number of halogens is 1. The molecule has 3 aromatic heterocycles. The molecule has 0 aromatic carbocycles. The highest BCUT2D eigenvalue weighted by atomic mass is 32.1. The Bertz CT molecular complexity index is 768. The van der Waals surface area contributed by atoms with Crippen molar-refractivity contribution in [3.05, 3.63) is 36.7 Å². The fourth-order valence-electron chi connectivity index (χ4n) is 2.58. The van der Waals surface area contributed by atoms with Gasteiger partial charge in [-0.1, -0.05) is 11.3 Å². The largest absolute Gasteiger partial charge is 0.460 e. The van der Waals surface area contributed by atoms with Crippen LogP contribution in [0.4, 0.5) is 9.52 Å². The topological polar surface area (TPSA) is 64.0 Å². The highest BCUT2D eigenvalue weighted by Crippen LogP contribution is 2.30. The SMILES string of the molecule is Fc1cnc(OC2CCN(c3nc4cnccc4s3)CC2)nc1. The van der Waals surface area contributed by atoms with Gasteiger partial charge in [0.05, 0.1) is 23.3 Å². The van der Waals surface area contributed by atoms with Crippen molar-refractivity contribution in [3.63, 3.8) is 0 Å². The molecule has 6 nitrogen and oxygen atoms in total. The second-order valence-corrected chi connectivity index (χ2v) is 6.34. The molecule has 0 aliphatic carbocycles. The quantitative estimate of drug-likeness (QED) is 0.735. The van der Waals surface area contributed by atoms with E-state index in [9.17, 15) is 4.39 Å². The first-order valence-corrected chi connectivity index (χ1v) is 8.19. The van der Waals surface area contributed by atoms with Crippen LogP contribution < -0.4 is 9.64 Å². The molecule has 0 amide bonds. The van der Waals surface area contributed by atoms with Gasteiger partial charge in [-0.3, -0.25) is 4.98 Å². The van der Waals surface area contributed by atoms with Crippen LogP contribution in [-0.2, 0) is 0 Å². The lowest BCUT2D eigenvalue weighted by Crippen LogP contribution is -2.38. The molecular formula is C15H14FN5OS. The third kappa shape index (κ3) is 3.07. The minimum absolute atomic E-state index is 0.0488. The van der Waals surface area contributed by atoms with Crippen molar-refractivity contribution < 1.29 is 9.13 Å². The maximum absolute atomic E-state index is 12.8. The summed E-state index contributed by atoms with van der Waals surface area (Å²) in [5, 5.41) is 1.02. The van der Waals surface area contributed by atoms with Crippen LogP contribution in [0.1, 0.15) is 12.8 Å². The van der Waals surface area contributed by atoms with Gasteiger partial charge in [0.2, 0.25) is 0 Å². The van der Waals surface area contributed by atoms with E-state index in [1.54, 1.807) is 23.7 Å². The Morgan fingerprint density at radius 2 is 1.96 bits per heavy atom. The second-order valence-electron chi connectivity index (χ2n) is 5.33. The zero-order chi connectivity index (χ0) is 15.6. The highest BCUT2D eigenvalue weighted by Gasteiger charge is 2.23. The summed E-state index contributed by atoms with van der Waals surface area (Å²) in [6.45, 7) is 1.72. The molecule has 23 heavy (non-hydrogen) atoms. The van der Waals surface area contributed by atoms with Gasteiger partial charge in [0.25, 0.3) is 0 Å². The van der Waals surface area contributed by atoms with E-state index in [1.165, 1.54) is 0 Å². The maximum atomic E-state index is 12.8. The van der Waals surface area contributed by atoms with E-state index in [-0.39, 0.29) is 12.1 Å². The van der Waals surface area contributed by atoms with Crippen LogP contribution in [0.2, 0.25) is 0 Å². The summed E-state index contributed by atoms with van der Waals surface area (Å²) >= 11 is 1.68. The summed E-state index contributed by atoms with van der Waals surface area (Å²) in [4.78, 5) is 18.7. The van der Waals surface area contributed by atoms with Crippen molar-refractivity contribution in [2.24, 2.45) is 0 Å². The van der Waals surface area contributed by atoms with Crippen LogP contribution in [0.3, 0.4) is 0 Å². The minimum Gasteiger partial charge on any atom is -0.460 e. The first-order valence-electron chi connectivity index (χ1n) is 7.37. The molecule has 4 rings (SSSR count). The summed E-state index contributed by atoms with van der Waals surface area (Å²) in [5.74, 6) is -0.461. The smallest absolute Gasteiger partial charge is 0.316 e. The molecule has 0 unspecified atom stereocenters. The summed E-state index contributed by atoms with van der Waals surface area (Å²) in [6.07, 6.45) is 7.57. The number of pyridine rings is 1. The lowest BCUT2D eigenvalue weighted by atomic mass is 10.1. The lowest BCUT2D eigenvalue weighted by Gasteiger charge is -2.31. The third-order valence-electron chi connectivity index (χ3n) is 3.76. The van der Waals surface area contributed by atoms with Crippen LogP contribution in [0.15, 0.2) is 30.9 Å². The number of piperidine rings is 1. The molecule has 1 fully saturated rings.